The van der Waals surface area contributed by atoms with Gasteiger partial charge in [0.1, 0.15) is 18.4 Å². The summed E-state index contributed by atoms with van der Waals surface area (Å²) in [7, 11) is -4.04. The molecule has 0 heterocycles. The molecule has 0 radical (unpaired) electrons. The number of halogens is 2. The number of rotatable bonds is 11. The Hall–Kier alpha value is -3.43. The first-order chi connectivity index (χ1) is 19.1. The third-order valence-corrected chi connectivity index (χ3v) is 8.42. The van der Waals surface area contributed by atoms with E-state index < -0.39 is 34.3 Å². The summed E-state index contributed by atoms with van der Waals surface area (Å²) in [5, 5.41) is 3.63. The van der Waals surface area contributed by atoms with Crippen LogP contribution in [-0.2, 0) is 32.6 Å². The van der Waals surface area contributed by atoms with E-state index in [-0.39, 0.29) is 30.6 Å². The van der Waals surface area contributed by atoms with E-state index in [0.29, 0.717) is 10.6 Å². The number of carbonyl (C=O) groups excluding carboxylic acids is 2. The van der Waals surface area contributed by atoms with Gasteiger partial charge in [0.2, 0.25) is 21.8 Å². The Balaban J connectivity index is 1.72. The Bertz CT molecular complexity index is 1410. The fraction of sp³-hybridized carbons (Fsp3) is 0.333. The molecule has 1 saturated carbocycles. The molecule has 0 spiro atoms. The zero-order chi connectivity index (χ0) is 28.7. The molecule has 212 valence electrons. The van der Waals surface area contributed by atoms with Crippen molar-refractivity contribution in [3.05, 3.63) is 101 Å². The second-order valence-electron chi connectivity index (χ2n) is 10.1. The van der Waals surface area contributed by atoms with Gasteiger partial charge >= 0.3 is 0 Å². The summed E-state index contributed by atoms with van der Waals surface area (Å²) in [6, 6.07) is 20.7. The van der Waals surface area contributed by atoms with Crippen molar-refractivity contribution in [2.24, 2.45) is 0 Å². The van der Waals surface area contributed by atoms with Gasteiger partial charge in [-0.05, 0) is 48.2 Å². The summed E-state index contributed by atoms with van der Waals surface area (Å²) in [6.45, 7) is -0.643. The van der Waals surface area contributed by atoms with Gasteiger partial charge in [-0.2, -0.15) is 0 Å². The molecule has 0 bridgehead atoms. The predicted octanol–water partition coefficient (Wildman–Crippen LogP) is 4.94. The van der Waals surface area contributed by atoms with Crippen LogP contribution >= 0.6 is 11.6 Å². The SMILES string of the molecule is CS(=O)(=O)N(CC(=O)N(Cc1ccc(Cl)cc1)C(Cc1ccccc1)C(=O)NC1CCCC1)c1ccccc1F. The van der Waals surface area contributed by atoms with Crippen molar-refractivity contribution in [3.8, 4) is 0 Å². The largest absolute Gasteiger partial charge is 0.352 e. The Kier molecular flexibility index (Phi) is 9.81. The molecule has 1 fully saturated rings. The number of nitrogens with one attached hydrogen (secondary N) is 1. The van der Waals surface area contributed by atoms with Gasteiger partial charge in [0, 0.05) is 24.0 Å². The lowest BCUT2D eigenvalue weighted by molar-refractivity contribution is -0.140. The van der Waals surface area contributed by atoms with Crippen LogP contribution in [0.25, 0.3) is 0 Å². The molecular formula is C30H33ClFN3O4S. The maximum atomic E-state index is 14.7. The molecule has 1 unspecified atom stereocenters. The van der Waals surface area contributed by atoms with Crippen molar-refractivity contribution in [3.63, 3.8) is 0 Å². The molecule has 40 heavy (non-hydrogen) atoms. The van der Waals surface area contributed by atoms with Crippen LogP contribution in [0.1, 0.15) is 36.8 Å². The molecule has 1 atom stereocenters. The van der Waals surface area contributed by atoms with Crippen LogP contribution in [0, 0.1) is 5.82 Å². The molecule has 1 N–H and O–H groups in total. The molecule has 0 aromatic heterocycles. The molecule has 0 saturated heterocycles. The van der Waals surface area contributed by atoms with Crippen molar-refractivity contribution < 1.29 is 22.4 Å². The van der Waals surface area contributed by atoms with Crippen LogP contribution in [0.3, 0.4) is 0 Å². The van der Waals surface area contributed by atoms with E-state index in [4.69, 9.17) is 11.6 Å². The Morgan fingerprint density at radius 2 is 1.57 bits per heavy atom. The minimum atomic E-state index is -4.04. The van der Waals surface area contributed by atoms with Gasteiger partial charge in [0.15, 0.2) is 0 Å². The number of carbonyl (C=O) groups is 2. The normalized spacial score (nSPS) is 14.5. The molecule has 1 aliphatic carbocycles. The summed E-state index contributed by atoms with van der Waals surface area (Å²) in [5.41, 5.74) is 1.32. The van der Waals surface area contributed by atoms with Crippen LogP contribution in [0.5, 0.6) is 0 Å². The molecular weight excluding hydrogens is 553 g/mol. The van der Waals surface area contributed by atoms with Gasteiger partial charge in [-0.25, -0.2) is 12.8 Å². The third kappa shape index (κ3) is 7.82. The van der Waals surface area contributed by atoms with E-state index in [1.807, 2.05) is 30.3 Å². The average Bonchev–Trinajstić information content (AvgIpc) is 3.43. The van der Waals surface area contributed by atoms with Crippen LogP contribution in [0.2, 0.25) is 5.02 Å². The minimum absolute atomic E-state index is 0.0178. The van der Waals surface area contributed by atoms with Crippen molar-refractivity contribution in [1.82, 2.24) is 10.2 Å². The van der Waals surface area contributed by atoms with Crippen LogP contribution in [0.4, 0.5) is 10.1 Å². The minimum Gasteiger partial charge on any atom is -0.352 e. The number of hydrogen-bond donors (Lipinski definition) is 1. The quantitative estimate of drug-likeness (QED) is 0.345. The zero-order valence-corrected chi connectivity index (χ0v) is 23.9. The zero-order valence-electron chi connectivity index (χ0n) is 22.3. The topological polar surface area (TPSA) is 86.8 Å². The summed E-state index contributed by atoms with van der Waals surface area (Å²) < 4.78 is 41.0. The number of para-hydroxylation sites is 1. The summed E-state index contributed by atoms with van der Waals surface area (Å²) in [5.74, 6) is -1.72. The number of hydrogen-bond acceptors (Lipinski definition) is 4. The first-order valence-electron chi connectivity index (χ1n) is 13.2. The number of benzene rings is 3. The Morgan fingerprint density at radius 3 is 2.20 bits per heavy atom. The van der Waals surface area contributed by atoms with Crippen LogP contribution in [-0.4, -0.2) is 50.0 Å². The summed E-state index contributed by atoms with van der Waals surface area (Å²) >= 11 is 6.07. The fourth-order valence-corrected chi connectivity index (χ4v) is 5.93. The van der Waals surface area contributed by atoms with E-state index in [9.17, 15) is 22.4 Å². The van der Waals surface area contributed by atoms with Crippen LogP contribution in [0.15, 0.2) is 78.9 Å². The highest BCUT2D eigenvalue weighted by atomic mass is 35.5. The smallest absolute Gasteiger partial charge is 0.244 e. The van der Waals surface area contributed by atoms with Crippen molar-refractivity contribution in [1.29, 1.82) is 0 Å². The standard InChI is InChI=1S/C30H33ClFN3O4S/c1-40(38,39)35(27-14-8-7-13-26(27)32)21-29(36)34(20-23-15-17-24(31)18-16-23)28(19-22-9-3-2-4-10-22)30(37)33-25-11-5-6-12-25/h2-4,7-10,13-18,25,28H,5-6,11-12,19-21H2,1H3,(H,33,37). The fourth-order valence-electron chi connectivity index (χ4n) is 4.96. The highest BCUT2D eigenvalue weighted by Gasteiger charge is 2.34. The maximum absolute atomic E-state index is 14.7. The summed E-state index contributed by atoms with van der Waals surface area (Å²) in [6.07, 6.45) is 4.91. The van der Waals surface area contributed by atoms with E-state index in [2.05, 4.69) is 5.32 Å². The molecule has 2 amide bonds. The Morgan fingerprint density at radius 1 is 0.950 bits per heavy atom. The molecule has 3 aromatic carbocycles. The lowest BCUT2D eigenvalue weighted by Crippen LogP contribution is -2.54. The van der Waals surface area contributed by atoms with E-state index in [1.165, 1.54) is 23.1 Å². The average molecular weight is 586 g/mol. The molecule has 3 aromatic rings. The predicted molar refractivity (Wildman–Crippen MR) is 155 cm³/mol. The molecule has 7 nitrogen and oxygen atoms in total. The summed E-state index contributed by atoms with van der Waals surface area (Å²) in [4.78, 5) is 29.2. The van der Waals surface area contributed by atoms with Crippen molar-refractivity contribution in [2.45, 2.75) is 50.7 Å². The second-order valence-corrected chi connectivity index (χ2v) is 12.4. The lowest BCUT2D eigenvalue weighted by atomic mass is 10.0. The lowest BCUT2D eigenvalue weighted by Gasteiger charge is -2.34. The second kappa shape index (κ2) is 13.3. The third-order valence-electron chi connectivity index (χ3n) is 7.04. The first-order valence-corrected chi connectivity index (χ1v) is 15.4. The van der Waals surface area contributed by atoms with Gasteiger partial charge in [0.05, 0.1) is 11.9 Å². The first kappa shape index (κ1) is 29.6. The van der Waals surface area contributed by atoms with Gasteiger partial charge in [-0.1, -0.05) is 79.0 Å². The van der Waals surface area contributed by atoms with E-state index in [0.717, 1.165) is 47.9 Å². The van der Waals surface area contributed by atoms with Crippen molar-refractivity contribution in [2.75, 3.05) is 17.1 Å². The number of sulfonamides is 1. The monoisotopic (exact) mass is 585 g/mol. The number of anilines is 1. The number of nitrogens with zero attached hydrogens (tertiary/aromatic N) is 2. The van der Waals surface area contributed by atoms with Gasteiger partial charge in [-0.15, -0.1) is 0 Å². The van der Waals surface area contributed by atoms with E-state index in [1.54, 1.807) is 24.3 Å². The molecule has 1 aliphatic rings. The maximum Gasteiger partial charge on any atom is 0.244 e. The Labute approximate surface area is 240 Å². The molecule has 10 heteroatoms. The highest BCUT2D eigenvalue weighted by molar-refractivity contribution is 7.92. The van der Waals surface area contributed by atoms with Gasteiger partial charge in [-0.3, -0.25) is 13.9 Å². The molecule has 0 aliphatic heterocycles. The highest BCUT2D eigenvalue weighted by Crippen LogP contribution is 2.24. The number of amides is 2. The van der Waals surface area contributed by atoms with Gasteiger partial charge < -0.3 is 10.2 Å². The van der Waals surface area contributed by atoms with Crippen LogP contribution < -0.4 is 9.62 Å². The van der Waals surface area contributed by atoms with Crippen molar-refractivity contribution >= 4 is 39.1 Å². The van der Waals surface area contributed by atoms with E-state index >= 15 is 0 Å². The van der Waals surface area contributed by atoms with Gasteiger partial charge in [0.25, 0.3) is 0 Å². The molecule has 4 rings (SSSR count).